The Hall–Kier alpha value is -2.18. The van der Waals surface area contributed by atoms with Gasteiger partial charge in [-0.25, -0.2) is 10.8 Å². The highest BCUT2D eigenvalue weighted by molar-refractivity contribution is 6.32. The topological polar surface area (TPSA) is 81.4 Å². The van der Waals surface area contributed by atoms with Crippen LogP contribution >= 0.6 is 11.6 Å². The number of ether oxygens (including phenoxy) is 2. The molecule has 0 unspecified atom stereocenters. The zero-order chi connectivity index (χ0) is 14.5. The Morgan fingerprint density at radius 2 is 1.80 bits per heavy atom. The number of nitrogens with zero attached hydrogens (tertiary/aromatic N) is 1. The van der Waals surface area contributed by atoms with Crippen molar-refractivity contribution in [1.29, 1.82) is 0 Å². The van der Waals surface area contributed by atoms with Crippen LogP contribution in [0.5, 0.6) is 11.5 Å². The Morgan fingerprint density at radius 3 is 2.45 bits per heavy atom. The Balaban J connectivity index is 2.34. The van der Waals surface area contributed by atoms with Gasteiger partial charge >= 0.3 is 0 Å². The number of halogens is 1. The van der Waals surface area contributed by atoms with Crippen LogP contribution in [0.2, 0.25) is 5.02 Å². The molecule has 0 aliphatic rings. The number of methoxy groups -OCH3 is 2. The van der Waals surface area contributed by atoms with E-state index in [2.05, 4.69) is 15.7 Å². The average molecular weight is 295 g/mol. The van der Waals surface area contributed by atoms with Crippen molar-refractivity contribution >= 4 is 28.9 Å². The van der Waals surface area contributed by atoms with Crippen molar-refractivity contribution in [2.24, 2.45) is 5.84 Å². The van der Waals surface area contributed by atoms with E-state index in [9.17, 15) is 0 Å². The van der Waals surface area contributed by atoms with E-state index in [1.54, 1.807) is 38.5 Å². The van der Waals surface area contributed by atoms with Crippen LogP contribution in [0.4, 0.5) is 17.3 Å². The van der Waals surface area contributed by atoms with Gasteiger partial charge in [-0.3, -0.25) is 0 Å². The van der Waals surface area contributed by atoms with Gasteiger partial charge in [-0.2, -0.15) is 0 Å². The maximum Gasteiger partial charge on any atom is 0.146 e. The molecule has 4 N–H and O–H groups in total. The normalized spacial score (nSPS) is 10.0. The fourth-order valence-electron chi connectivity index (χ4n) is 1.68. The molecule has 0 atom stereocenters. The minimum absolute atomic E-state index is 0.476. The smallest absolute Gasteiger partial charge is 0.146 e. The van der Waals surface area contributed by atoms with Gasteiger partial charge in [0.2, 0.25) is 0 Å². The number of rotatable bonds is 5. The molecule has 7 heteroatoms. The summed E-state index contributed by atoms with van der Waals surface area (Å²) in [6.45, 7) is 0. The third kappa shape index (κ3) is 3.04. The van der Waals surface area contributed by atoms with E-state index in [1.165, 1.54) is 0 Å². The van der Waals surface area contributed by atoms with Crippen LogP contribution in [-0.2, 0) is 0 Å². The number of hydrogen-bond donors (Lipinski definition) is 3. The molecule has 20 heavy (non-hydrogen) atoms. The average Bonchev–Trinajstić information content (AvgIpc) is 2.48. The lowest BCUT2D eigenvalue weighted by Gasteiger charge is -2.13. The zero-order valence-electron chi connectivity index (χ0n) is 11.1. The number of pyridine rings is 1. The summed E-state index contributed by atoms with van der Waals surface area (Å²) in [6, 6.07) is 8.79. The Bertz CT molecular complexity index is 607. The first-order chi connectivity index (χ1) is 9.67. The van der Waals surface area contributed by atoms with Crippen LogP contribution in [0.3, 0.4) is 0 Å². The predicted octanol–water partition coefficient (Wildman–Crippen LogP) is 2.78. The van der Waals surface area contributed by atoms with E-state index in [0.29, 0.717) is 33.8 Å². The summed E-state index contributed by atoms with van der Waals surface area (Å²) in [5, 5.41) is 3.59. The number of nitrogens with one attached hydrogen (secondary N) is 2. The van der Waals surface area contributed by atoms with Crippen LogP contribution in [-0.4, -0.2) is 19.2 Å². The van der Waals surface area contributed by atoms with Crippen molar-refractivity contribution in [2.75, 3.05) is 25.0 Å². The molecule has 2 rings (SSSR count). The highest BCUT2D eigenvalue weighted by Crippen LogP contribution is 2.37. The predicted molar refractivity (Wildman–Crippen MR) is 79.9 cm³/mol. The summed E-state index contributed by atoms with van der Waals surface area (Å²) >= 11 is 6.11. The molecule has 1 heterocycles. The summed E-state index contributed by atoms with van der Waals surface area (Å²) in [6.07, 6.45) is 0. The number of anilines is 3. The van der Waals surface area contributed by atoms with Gasteiger partial charge in [0.15, 0.2) is 0 Å². The number of benzene rings is 1. The van der Waals surface area contributed by atoms with Crippen LogP contribution in [0.1, 0.15) is 0 Å². The van der Waals surface area contributed by atoms with Crippen molar-refractivity contribution in [3.05, 3.63) is 35.4 Å². The van der Waals surface area contributed by atoms with Gasteiger partial charge in [0, 0.05) is 6.07 Å². The first-order valence-corrected chi connectivity index (χ1v) is 6.18. The van der Waals surface area contributed by atoms with Crippen molar-refractivity contribution in [3.8, 4) is 11.5 Å². The first-order valence-electron chi connectivity index (χ1n) is 5.80. The molecule has 0 radical (unpaired) electrons. The van der Waals surface area contributed by atoms with Gasteiger partial charge in [-0.15, -0.1) is 0 Å². The second-order valence-electron chi connectivity index (χ2n) is 3.86. The monoisotopic (exact) mass is 294 g/mol. The highest BCUT2D eigenvalue weighted by atomic mass is 35.5. The summed E-state index contributed by atoms with van der Waals surface area (Å²) < 4.78 is 10.4. The Labute approximate surface area is 121 Å². The Kier molecular flexibility index (Phi) is 4.49. The molecular formula is C13H15ClN4O2. The molecule has 0 aliphatic carbocycles. The molecule has 0 saturated heterocycles. The fraction of sp³-hybridized carbons (Fsp3) is 0.154. The van der Waals surface area contributed by atoms with E-state index < -0.39 is 0 Å². The van der Waals surface area contributed by atoms with E-state index >= 15 is 0 Å². The van der Waals surface area contributed by atoms with Crippen molar-refractivity contribution in [1.82, 2.24) is 4.98 Å². The number of aromatic nitrogens is 1. The third-order valence-electron chi connectivity index (χ3n) is 2.63. The minimum Gasteiger partial charge on any atom is -0.495 e. The van der Waals surface area contributed by atoms with Crippen molar-refractivity contribution in [2.45, 2.75) is 0 Å². The molecule has 0 saturated carbocycles. The van der Waals surface area contributed by atoms with Crippen LogP contribution < -0.4 is 26.1 Å². The molecule has 0 amide bonds. The molecule has 1 aromatic heterocycles. The first kappa shape index (κ1) is 14.2. The maximum atomic E-state index is 6.11. The van der Waals surface area contributed by atoms with E-state index in [0.717, 1.165) is 0 Å². The van der Waals surface area contributed by atoms with Gasteiger partial charge in [0.25, 0.3) is 0 Å². The number of nitrogens with two attached hydrogens (primary N) is 1. The van der Waals surface area contributed by atoms with Gasteiger partial charge in [0.1, 0.15) is 23.1 Å². The molecule has 0 fully saturated rings. The maximum absolute atomic E-state index is 6.11. The lowest BCUT2D eigenvalue weighted by Crippen LogP contribution is -2.09. The van der Waals surface area contributed by atoms with Gasteiger partial charge in [0.05, 0.1) is 24.9 Å². The summed E-state index contributed by atoms with van der Waals surface area (Å²) in [5.74, 6) is 7.63. The van der Waals surface area contributed by atoms with Gasteiger partial charge < -0.3 is 20.2 Å². The number of hydrazine groups is 1. The lowest BCUT2D eigenvalue weighted by atomic mass is 10.2. The third-order valence-corrected chi connectivity index (χ3v) is 2.93. The Morgan fingerprint density at radius 1 is 1.10 bits per heavy atom. The van der Waals surface area contributed by atoms with E-state index in [4.69, 9.17) is 26.9 Å². The second-order valence-corrected chi connectivity index (χ2v) is 4.27. The minimum atomic E-state index is 0.476. The molecule has 0 aliphatic heterocycles. The van der Waals surface area contributed by atoms with Crippen LogP contribution in [0.15, 0.2) is 30.3 Å². The van der Waals surface area contributed by atoms with Gasteiger partial charge in [-0.05, 0) is 18.2 Å². The molecule has 6 nitrogen and oxygen atoms in total. The van der Waals surface area contributed by atoms with Gasteiger partial charge in [-0.1, -0.05) is 17.7 Å². The molecular weight excluding hydrogens is 280 g/mol. The van der Waals surface area contributed by atoms with E-state index in [1.807, 2.05) is 6.07 Å². The number of nitrogen functional groups attached to an aromatic ring is 1. The SMILES string of the molecule is COc1cc(OC)c(Nc2cccc(NN)n2)cc1Cl. The summed E-state index contributed by atoms with van der Waals surface area (Å²) in [4.78, 5) is 4.26. The molecule has 106 valence electrons. The van der Waals surface area contributed by atoms with Crippen LogP contribution in [0, 0.1) is 0 Å². The molecule has 2 aromatic rings. The molecule has 0 spiro atoms. The highest BCUT2D eigenvalue weighted by Gasteiger charge is 2.10. The summed E-state index contributed by atoms with van der Waals surface area (Å²) in [5.41, 5.74) is 3.16. The largest absolute Gasteiger partial charge is 0.495 e. The van der Waals surface area contributed by atoms with Crippen LogP contribution in [0.25, 0.3) is 0 Å². The van der Waals surface area contributed by atoms with E-state index in [-0.39, 0.29) is 0 Å². The zero-order valence-corrected chi connectivity index (χ0v) is 11.9. The second kappa shape index (κ2) is 6.31. The quantitative estimate of drug-likeness (QED) is 0.581. The number of hydrogen-bond acceptors (Lipinski definition) is 6. The standard InChI is InChI=1S/C13H15ClN4O2/c1-19-10-7-11(20-2)9(6-8(10)14)16-12-4-3-5-13(17-12)18-15/h3-7H,15H2,1-2H3,(H2,16,17,18). The van der Waals surface area contributed by atoms with Crippen molar-refractivity contribution < 1.29 is 9.47 Å². The summed E-state index contributed by atoms with van der Waals surface area (Å²) in [7, 11) is 3.12. The molecule has 1 aromatic carbocycles. The molecule has 0 bridgehead atoms. The fourth-order valence-corrected chi connectivity index (χ4v) is 1.92. The lowest BCUT2D eigenvalue weighted by molar-refractivity contribution is 0.396. The van der Waals surface area contributed by atoms with Crippen molar-refractivity contribution in [3.63, 3.8) is 0 Å².